The molecule has 2 aromatic heterocycles. The highest BCUT2D eigenvalue weighted by atomic mass is 32.1. The molecule has 1 fully saturated rings. The van der Waals surface area contributed by atoms with Crippen LogP contribution in [0.4, 0.5) is 24.7 Å². The van der Waals surface area contributed by atoms with Crippen molar-refractivity contribution in [2.75, 3.05) is 50.8 Å². The van der Waals surface area contributed by atoms with Gasteiger partial charge in [-0.2, -0.15) is 0 Å². The standard InChI is InChI=1S/C23H24F3N7O3S/c1-32-6-8-33(9-7-32)13-20(35)29-16-10-14(2-3-18(16)36-23(24,25)26)17(34)12-21-30-31-22(37-21)15-4-5-28-19(27)11-15/h2-5,10-11H,6-9,12-13H2,1H3,(H2,27,28)(H,29,35). The van der Waals surface area contributed by atoms with Crippen LogP contribution in [0.2, 0.25) is 0 Å². The predicted octanol–water partition coefficient (Wildman–Crippen LogP) is 2.69. The largest absolute Gasteiger partial charge is 0.573 e. The Kier molecular flexibility index (Phi) is 8.00. The van der Waals surface area contributed by atoms with Crippen LogP contribution in [-0.4, -0.2) is 82.8 Å². The highest BCUT2D eigenvalue weighted by Crippen LogP contribution is 2.32. The number of ether oxygens (including phenoxy) is 1. The third kappa shape index (κ3) is 7.44. The number of Topliss-reactive ketones (excluding diaryl/α,β-unsaturated/α-hetero) is 1. The Morgan fingerprint density at radius 3 is 2.59 bits per heavy atom. The van der Waals surface area contributed by atoms with Crippen LogP contribution in [0, 0.1) is 0 Å². The highest BCUT2D eigenvalue weighted by Gasteiger charge is 2.33. The van der Waals surface area contributed by atoms with E-state index in [4.69, 9.17) is 5.73 Å². The minimum absolute atomic E-state index is 0.00452. The first-order valence-corrected chi connectivity index (χ1v) is 12.1. The van der Waals surface area contributed by atoms with Gasteiger partial charge < -0.3 is 20.7 Å². The number of carbonyl (C=O) groups excluding carboxylic acids is 2. The summed E-state index contributed by atoms with van der Waals surface area (Å²) in [6.45, 7) is 2.88. The molecule has 1 amide bonds. The molecular weight excluding hydrogens is 511 g/mol. The lowest BCUT2D eigenvalue weighted by molar-refractivity contribution is -0.274. The van der Waals surface area contributed by atoms with E-state index < -0.39 is 23.8 Å². The van der Waals surface area contributed by atoms with Crippen LogP contribution in [-0.2, 0) is 11.2 Å². The summed E-state index contributed by atoms with van der Waals surface area (Å²) in [7, 11) is 1.97. The fourth-order valence-electron chi connectivity index (χ4n) is 3.68. The van der Waals surface area contributed by atoms with Crippen LogP contribution in [0.25, 0.3) is 10.6 Å². The average molecular weight is 536 g/mol. The number of nitrogens with one attached hydrogen (secondary N) is 1. The number of nitrogens with zero attached hydrogens (tertiary/aromatic N) is 5. The number of benzene rings is 1. The average Bonchev–Trinajstić information content (AvgIpc) is 3.29. The van der Waals surface area contributed by atoms with Gasteiger partial charge in [-0.1, -0.05) is 11.3 Å². The summed E-state index contributed by atoms with van der Waals surface area (Å²) in [5.74, 6) is -1.21. The van der Waals surface area contributed by atoms with Gasteiger partial charge in [0.1, 0.15) is 15.8 Å². The van der Waals surface area contributed by atoms with E-state index in [1.165, 1.54) is 29.7 Å². The van der Waals surface area contributed by atoms with Gasteiger partial charge >= 0.3 is 6.36 Å². The number of nitrogens with two attached hydrogens (primary N) is 1. The predicted molar refractivity (Wildman–Crippen MR) is 131 cm³/mol. The van der Waals surface area contributed by atoms with Crippen molar-refractivity contribution >= 4 is 34.5 Å². The first-order valence-electron chi connectivity index (χ1n) is 11.2. The van der Waals surface area contributed by atoms with Gasteiger partial charge in [0.05, 0.1) is 18.7 Å². The molecule has 4 rings (SSSR count). The Bertz CT molecular complexity index is 1280. The van der Waals surface area contributed by atoms with Crippen LogP contribution in [0.15, 0.2) is 36.5 Å². The second-order valence-electron chi connectivity index (χ2n) is 8.46. The maximum Gasteiger partial charge on any atom is 0.573 e. The number of likely N-dealkylation sites (N-methyl/N-ethyl adjacent to an activating group) is 1. The Hall–Kier alpha value is -3.62. The molecule has 1 saturated heterocycles. The Labute approximate surface area is 214 Å². The van der Waals surface area contributed by atoms with Crippen molar-refractivity contribution in [2.24, 2.45) is 0 Å². The number of amides is 1. The summed E-state index contributed by atoms with van der Waals surface area (Å²) in [5, 5.41) is 11.5. The van der Waals surface area contributed by atoms with Crippen molar-refractivity contribution in [1.82, 2.24) is 25.0 Å². The fourth-order valence-corrected chi connectivity index (χ4v) is 4.51. The van der Waals surface area contributed by atoms with E-state index in [0.717, 1.165) is 19.2 Å². The molecule has 10 nitrogen and oxygen atoms in total. The van der Waals surface area contributed by atoms with E-state index in [2.05, 4.69) is 30.1 Å². The minimum atomic E-state index is -4.97. The lowest BCUT2D eigenvalue weighted by Gasteiger charge is -2.31. The molecule has 0 bridgehead atoms. The van der Waals surface area contributed by atoms with Crippen molar-refractivity contribution < 1.29 is 27.5 Å². The maximum absolute atomic E-state index is 12.9. The van der Waals surface area contributed by atoms with Gasteiger partial charge in [-0.3, -0.25) is 14.5 Å². The molecule has 3 heterocycles. The van der Waals surface area contributed by atoms with E-state index in [1.54, 1.807) is 12.1 Å². The van der Waals surface area contributed by atoms with E-state index in [1.807, 2.05) is 11.9 Å². The molecule has 3 aromatic rings. The molecular formula is C23H24F3N7O3S. The van der Waals surface area contributed by atoms with E-state index in [9.17, 15) is 22.8 Å². The summed E-state index contributed by atoms with van der Waals surface area (Å²) in [6, 6.07) is 6.74. The zero-order chi connectivity index (χ0) is 26.6. The Balaban J connectivity index is 1.48. The van der Waals surface area contributed by atoms with E-state index in [-0.39, 0.29) is 24.2 Å². The number of pyridine rings is 1. The molecule has 0 saturated carbocycles. The van der Waals surface area contributed by atoms with Gasteiger partial charge in [0.25, 0.3) is 0 Å². The molecule has 1 aliphatic rings. The SMILES string of the molecule is CN1CCN(CC(=O)Nc2cc(C(=O)Cc3nnc(-c4ccnc(N)c4)s3)ccc2OC(F)(F)F)CC1. The van der Waals surface area contributed by atoms with Crippen LogP contribution >= 0.6 is 11.3 Å². The Morgan fingerprint density at radius 2 is 1.89 bits per heavy atom. The molecule has 0 atom stereocenters. The van der Waals surface area contributed by atoms with Crippen LogP contribution in [0.1, 0.15) is 15.4 Å². The number of carbonyl (C=O) groups is 2. The number of piperazine rings is 1. The van der Waals surface area contributed by atoms with Crippen molar-refractivity contribution in [3.8, 4) is 16.3 Å². The number of nitrogen functional groups attached to an aromatic ring is 1. The van der Waals surface area contributed by atoms with Gasteiger partial charge in [-0.05, 0) is 37.4 Å². The molecule has 37 heavy (non-hydrogen) atoms. The van der Waals surface area contributed by atoms with Gasteiger partial charge in [-0.25, -0.2) is 4.98 Å². The molecule has 0 spiro atoms. The van der Waals surface area contributed by atoms with Crippen molar-refractivity contribution in [1.29, 1.82) is 0 Å². The molecule has 0 radical (unpaired) electrons. The topological polar surface area (TPSA) is 127 Å². The smallest absolute Gasteiger partial charge is 0.404 e. The summed E-state index contributed by atoms with van der Waals surface area (Å²) < 4.78 is 42.9. The number of aromatic nitrogens is 3. The third-order valence-corrected chi connectivity index (χ3v) is 6.54. The fraction of sp³-hybridized carbons (Fsp3) is 0.348. The van der Waals surface area contributed by atoms with Crippen molar-refractivity contribution in [3.05, 3.63) is 47.1 Å². The third-order valence-electron chi connectivity index (χ3n) is 5.57. The molecule has 1 aromatic carbocycles. The summed E-state index contributed by atoms with van der Waals surface area (Å²) in [5.41, 5.74) is 6.24. The number of alkyl halides is 3. The number of hydrogen-bond acceptors (Lipinski definition) is 10. The Morgan fingerprint density at radius 1 is 1.14 bits per heavy atom. The summed E-state index contributed by atoms with van der Waals surface area (Å²) in [4.78, 5) is 33.4. The first-order chi connectivity index (χ1) is 17.6. The molecule has 3 N–H and O–H groups in total. The van der Waals surface area contributed by atoms with Gasteiger partial charge in [0.15, 0.2) is 11.5 Å². The lowest BCUT2D eigenvalue weighted by atomic mass is 10.1. The molecule has 196 valence electrons. The zero-order valence-corrected chi connectivity index (χ0v) is 20.6. The second kappa shape index (κ2) is 11.2. The van der Waals surface area contributed by atoms with Crippen LogP contribution < -0.4 is 15.8 Å². The number of ketones is 1. The second-order valence-corrected chi connectivity index (χ2v) is 9.52. The lowest BCUT2D eigenvalue weighted by Crippen LogP contribution is -2.47. The minimum Gasteiger partial charge on any atom is -0.404 e. The molecule has 14 heteroatoms. The monoisotopic (exact) mass is 535 g/mol. The summed E-state index contributed by atoms with van der Waals surface area (Å²) >= 11 is 1.18. The van der Waals surface area contributed by atoms with Crippen molar-refractivity contribution in [2.45, 2.75) is 12.8 Å². The first kappa shape index (κ1) is 26.4. The number of halogens is 3. The number of anilines is 2. The zero-order valence-electron chi connectivity index (χ0n) is 19.8. The van der Waals surface area contributed by atoms with E-state index in [0.29, 0.717) is 34.5 Å². The van der Waals surface area contributed by atoms with Gasteiger partial charge in [0, 0.05) is 43.5 Å². The molecule has 1 aliphatic heterocycles. The summed E-state index contributed by atoms with van der Waals surface area (Å²) in [6.07, 6.45) is -3.57. The number of rotatable bonds is 8. The van der Waals surface area contributed by atoms with Gasteiger partial charge in [-0.15, -0.1) is 23.4 Å². The quantitative estimate of drug-likeness (QED) is 0.419. The number of hydrogen-bond donors (Lipinski definition) is 2. The van der Waals surface area contributed by atoms with Crippen LogP contribution in [0.3, 0.4) is 0 Å². The van der Waals surface area contributed by atoms with Crippen molar-refractivity contribution in [3.63, 3.8) is 0 Å². The molecule has 0 aliphatic carbocycles. The van der Waals surface area contributed by atoms with E-state index >= 15 is 0 Å². The normalized spacial score (nSPS) is 14.9. The molecule has 0 unspecified atom stereocenters. The highest BCUT2D eigenvalue weighted by molar-refractivity contribution is 7.14. The van der Waals surface area contributed by atoms with Crippen LogP contribution in [0.5, 0.6) is 5.75 Å². The van der Waals surface area contributed by atoms with Gasteiger partial charge in [0.2, 0.25) is 5.91 Å². The maximum atomic E-state index is 12.9.